The van der Waals surface area contributed by atoms with Crippen molar-refractivity contribution in [1.29, 1.82) is 0 Å². The van der Waals surface area contributed by atoms with E-state index in [2.05, 4.69) is 16.4 Å². The van der Waals surface area contributed by atoms with E-state index in [1.807, 2.05) is 30.5 Å². The van der Waals surface area contributed by atoms with Crippen LogP contribution in [0.5, 0.6) is 11.5 Å². The number of pyridine rings is 1. The number of hydrogen-bond acceptors (Lipinski definition) is 4. The smallest absolute Gasteiger partial charge is 0.161 e. The Kier molecular flexibility index (Phi) is 4.77. The quantitative estimate of drug-likeness (QED) is 0.753. The predicted octanol–water partition coefficient (Wildman–Crippen LogP) is 4.21. The molecule has 4 rings (SSSR count). The number of hydrogen-bond donors (Lipinski definition) is 1. The first-order chi connectivity index (χ1) is 13.2. The molecule has 0 spiro atoms. The lowest BCUT2D eigenvalue weighted by Gasteiger charge is -2.34. The Labute approximate surface area is 158 Å². The van der Waals surface area contributed by atoms with Gasteiger partial charge in [-0.2, -0.15) is 0 Å². The fraction of sp³-hybridized carbons (Fsp3) is 0.227. The van der Waals surface area contributed by atoms with E-state index in [0.29, 0.717) is 11.5 Å². The maximum Gasteiger partial charge on any atom is 0.161 e. The second-order valence-electron chi connectivity index (χ2n) is 6.60. The van der Waals surface area contributed by atoms with Crippen LogP contribution in [0, 0.1) is 5.82 Å². The minimum absolute atomic E-state index is 0.0672. The molecule has 0 unspecified atom stereocenters. The normalized spacial score (nSPS) is 18.6. The van der Waals surface area contributed by atoms with Gasteiger partial charge in [-0.1, -0.05) is 18.2 Å². The molecule has 1 aliphatic rings. The zero-order valence-corrected chi connectivity index (χ0v) is 15.3. The van der Waals surface area contributed by atoms with E-state index in [4.69, 9.17) is 9.47 Å². The number of benzene rings is 2. The molecule has 0 saturated carbocycles. The molecular formula is C22H21FN2O2. The first-order valence-corrected chi connectivity index (χ1v) is 8.86. The molecule has 27 heavy (non-hydrogen) atoms. The first-order valence-electron chi connectivity index (χ1n) is 8.86. The Morgan fingerprint density at radius 1 is 1.00 bits per heavy atom. The highest BCUT2D eigenvalue weighted by Gasteiger charge is 2.30. The van der Waals surface area contributed by atoms with Gasteiger partial charge in [0.15, 0.2) is 11.5 Å². The van der Waals surface area contributed by atoms with Gasteiger partial charge in [0.05, 0.1) is 20.3 Å². The van der Waals surface area contributed by atoms with E-state index in [9.17, 15) is 4.39 Å². The topological polar surface area (TPSA) is 43.4 Å². The Morgan fingerprint density at radius 2 is 1.78 bits per heavy atom. The van der Waals surface area contributed by atoms with Crippen molar-refractivity contribution in [2.75, 3.05) is 14.2 Å². The van der Waals surface area contributed by atoms with Crippen molar-refractivity contribution in [3.63, 3.8) is 0 Å². The Morgan fingerprint density at radius 3 is 2.48 bits per heavy atom. The molecule has 0 saturated heterocycles. The molecule has 138 valence electrons. The molecule has 1 N–H and O–H groups in total. The molecule has 1 aliphatic heterocycles. The van der Waals surface area contributed by atoms with Gasteiger partial charge in [0.1, 0.15) is 5.82 Å². The standard InChI is InChI=1S/C22H21FN2O2/c1-26-20-11-16-10-19(15-6-4-8-24-13-15)25-22(18(16)12-21(20)27-2)14-5-3-7-17(23)9-14/h3-9,11-13,19,22,25H,10H2,1-2H3/t19-,22-/m0/s1. The molecule has 0 fully saturated rings. The van der Waals surface area contributed by atoms with Crippen molar-refractivity contribution >= 4 is 0 Å². The lowest BCUT2D eigenvalue weighted by atomic mass is 9.84. The second kappa shape index (κ2) is 7.37. The molecule has 1 aromatic heterocycles. The summed E-state index contributed by atoms with van der Waals surface area (Å²) in [6.07, 6.45) is 4.41. The summed E-state index contributed by atoms with van der Waals surface area (Å²) in [6.45, 7) is 0. The highest BCUT2D eigenvalue weighted by Crippen LogP contribution is 2.41. The molecule has 0 amide bonds. The zero-order chi connectivity index (χ0) is 18.8. The molecular weight excluding hydrogens is 343 g/mol. The minimum Gasteiger partial charge on any atom is -0.493 e. The van der Waals surface area contributed by atoms with Crippen LogP contribution in [-0.4, -0.2) is 19.2 Å². The lowest BCUT2D eigenvalue weighted by Crippen LogP contribution is -2.34. The largest absolute Gasteiger partial charge is 0.493 e. The van der Waals surface area contributed by atoms with Crippen molar-refractivity contribution in [1.82, 2.24) is 10.3 Å². The molecule has 2 atom stereocenters. The third-order valence-electron chi connectivity index (χ3n) is 5.02. The maximum absolute atomic E-state index is 13.9. The molecule has 0 aliphatic carbocycles. The van der Waals surface area contributed by atoms with Crippen molar-refractivity contribution in [2.45, 2.75) is 18.5 Å². The number of aromatic nitrogens is 1. The SMILES string of the molecule is COc1cc2c(cc1OC)[C@H](c1cccc(F)c1)N[C@H](c1cccnc1)C2. The number of methoxy groups -OCH3 is 2. The number of rotatable bonds is 4. The number of fused-ring (bicyclic) bond motifs is 1. The van der Waals surface area contributed by atoms with Gasteiger partial charge in [-0.25, -0.2) is 4.39 Å². The van der Waals surface area contributed by atoms with Crippen LogP contribution in [0.25, 0.3) is 0 Å². The van der Waals surface area contributed by atoms with Crippen molar-refractivity contribution in [2.24, 2.45) is 0 Å². The Balaban J connectivity index is 1.84. The summed E-state index contributed by atoms with van der Waals surface area (Å²) in [5, 5.41) is 3.66. The van der Waals surface area contributed by atoms with E-state index in [1.165, 1.54) is 6.07 Å². The summed E-state index contributed by atoms with van der Waals surface area (Å²) in [5.41, 5.74) is 4.18. The van der Waals surface area contributed by atoms with Gasteiger partial charge in [-0.3, -0.25) is 10.3 Å². The second-order valence-corrected chi connectivity index (χ2v) is 6.60. The van der Waals surface area contributed by atoms with Gasteiger partial charge in [-0.05, 0) is 59.0 Å². The van der Waals surface area contributed by atoms with Gasteiger partial charge in [0, 0.05) is 18.4 Å². The predicted molar refractivity (Wildman–Crippen MR) is 102 cm³/mol. The number of nitrogens with one attached hydrogen (secondary N) is 1. The molecule has 4 nitrogen and oxygen atoms in total. The van der Waals surface area contributed by atoms with Crippen LogP contribution in [0.2, 0.25) is 0 Å². The fourth-order valence-electron chi connectivity index (χ4n) is 3.71. The highest BCUT2D eigenvalue weighted by molar-refractivity contribution is 5.52. The summed E-state index contributed by atoms with van der Waals surface area (Å²) in [4.78, 5) is 4.24. The zero-order valence-electron chi connectivity index (χ0n) is 15.3. The average molecular weight is 364 g/mol. The van der Waals surface area contributed by atoms with Gasteiger partial charge in [0.25, 0.3) is 0 Å². The molecule has 3 aromatic rings. The third-order valence-corrected chi connectivity index (χ3v) is 5.02. The fourth-order valence-corrected chi connectivity index (χ4v) is 3.71. The summed E-state index contributed by atoms with van der Waals surface area (Å²) in [6, 6.07) is 14.6. The van der Waals surface area contributed by atoms with Gasteiger partial charge >= 0.3 is 0 Å². The lowest BCUT2D eigenvalue weighted by molar-refractivity contribution is 0.351. The molecule has 0 bridgehead atoms. The van der Waals surface area contributed by atoms with E-state index >= 15 is 0 Å². The van der Waals surface area contributed by atoms with Crippen LogP contribution >= 0.6 is 0 Å². The molecule has 2 heterocycles. The maximum atomic E-state index is 13.9. The summed E-state index contributed by atoms with van der Waals surface area (Å²) in [5.74, 6) is 1.11. The van der Waals surface area contributed by atoms with Crippen LogP contribution in [0.1, 0.15) is 34.3 Å². The Hall–Kier alpha value is -2.92. The number of halogens is 1. The van der Waals surface area contributed by atoms with Crippen LogP contribution in [0.3, 0.4) is 0 Å². The molecule has 0 radical (unpaired) electrons. The van der Waals surface area contributed by atoms with E-state index in [-0.39, 0.29) is 17.9 Å². The Bertz CT molecular complexity index is 946. The summed E-state index contributed by atoms with van der Waals surface area (Å²) < 4.78 is 24.9. The van der Waals surface area contributed by atoms with Crippen LogP contribution in [-0.2, 0) is 6.42 Å². The van der Waals surface area contributed by atoms with E-state index in [0.717, 1.165) is 28.7 Å². The van der Waals surface area contributed by atoms with Crippen LogP contribution in [0.4, 0.5) is 4.39 Å². The van der Waals surface area contributed by atoms with Crippen LogP contribution < -0.4 is 14.8 Å². The van der Waals surface area contributed by atoms with Gasteiger partial charge in [-0.15, -0.1) is 0 Å². The average Bonchev–Trinajstić information content (AvgIpc) is 2.72. The van der Waals surface area contributed by atoms with Crippen LogP contribution in [0.15, 0.2) is 60.9 Å². The van der Waals surface area contributed by atoms with Crippen molar-refractivity contribution in [3.8, 4) is 11.5 Å². The number of nitrogens with zero attached hydrogens (tertiary/aromatic N) is 1. The van der Waals surface area contributed by atoms with Gasteiger partial charge in [0.2, 0.25) is 0 Å². The highest BCUT2D eigenvalue weighted by atomic mass is 19.1. The minimum atomic E-state index is -0.250. The van der Waals surface area contributed by atoms with Gasteiger partial charge < -0.3 is 9.47 Å². The number of ether oxygens (including phenoxy) is 2. The summed E-state index contributed by atoms with van der Waals surface area (Å²) in [7, 11) is 3.25. The van der Waals surface area contributed by atoms with E-state index < -0.39 is 0 Å². The monoisotopic (exact) mass is 364 g/mol. The third kappa shape index (κ3) is 3.38. The molecule has 5 heteroatoms. The summed E-state index contributed by atoms with van der Waals surface area (Å²) >= 11 is 0. The van der Waals surface area contributed by atoms with Crippen molar-refractivity contribution < 1.29 is 13.9 Å². The van der Waals surface area contributed by atoms with Crippen molar-refractivity contribution in [3.05, 3.63) is 89.0 Å². The first kappa shape index (κ1) is 17.5. The van der Waals surface area contributed by atoms with E-state index in [1.54, 1.807) is 32.5 Å². The molecule has 2 aromatic carbocycles.